The number of hydrogen-bond acceptors (Lipinski definition) is 3. The first kappa shape index (κ1) is 14.1. The molecule has 0 unspecified atom stereocenters. The number of anilines is 1. The fraction of sp³-hybridized carbons (Fsp3) is 0.188. The van der Waals surface area contributed by atoms with Crippen LogP contribution in [0.1, 0.15) is 18.0 Å². The van der Waals surface area contributed by atoms with E-state index in [4.69, 9.17) is 0 Å². The maximum Gasteiger partial charge on any atom is 0.322 e. The van der Waals surface area contributed by atoms with Gasteiger partial charge in [0.15, 0.2) is 0 Å². The summed E-state index contributed by atoms with van der Waals surface area (Å²) in [6, 6.07) is 15.6. The number of rotatable bonds is 3. The Bertz CT molecular complexity index is 703. The van der Waals surface area contributed by atoms with Crippen LogP contribution in [0.3, 0.4) is 0 Å². The van der Waals surface area contributed by atoms with Crippen molar-refractivity contribution in [1.29, 1.82) is 0 Å². The third kappa shape index (κ3) is 2.63. The predicted molar refractivity (Wildman–Crippen MR) is 82.6 cm³/mol. The molecule has 1 fully saturated rings. The Morgan fingerprint density at radius 3 is 2.45 bits per heavy atom. The summed E-state index contributed by atoms with van der Waals surface area (Å²) in [4.78, 5) is 24.5. The van der Waals surface area contributed by atoms with E-state index in [1.165, 1.54) is 12.1 Å². The number of benzene rings is 2. The van der Waals surface area contributed by atoms with Crippen molar-refractivity contribution in [2.24, 2.45) is 0 Å². The average molecular weight is 297 g/mol. The van der Waals surface area contributed by atoms with E-state index >= 15 is 0 Å². The Hall–Kier alpha value is -2.89. The van der Waals surface area contributed by atoms with Gasteiger partial charge in [-0.3, -0.25) is 10.1 Å². The maximum absolute atomic E-state index is 12.3. The second-order valence-corrected chi connectivity index (χ2v) is 5.11. The largest absolute Gasteiger partial charge is 0.322 e. The molecule has 1 atom stereocenters. The van der Waals surface area contributed by atoms with E-state index in [0.29, 0.717) is 6.54 Å². The number of carbonyl (C=O) groups excluding carboxylic acids is 1. The smallest absolute Gasteiger partial charge is 0.317 e. The Kier molecular flexibility index (Phi) is 3.74. The molecule has 2 aromatic rings. The zero-order valence-electron chi connectivity index (χ0n) is 11.8. The number of hydrogen-bond donors (Lipinski definition) is 1. The van der Waals surface area contributed by atoms with Gasteiger partial charge >= 0.3 is 6.03 Å². The molecule has 0 bridgehead atoms. The predicted octanol–water partition coefficient (Wildman–Crippen LogP) is 3.57. The molecule has 22 heavy (non-hydrogen) atoms. The van der Waals surface area contributed by atoms with E-state index in [-0.39, 0.29) is 23.4 Å². The van der Waals surface area contributed by atoms with Crippen LogP contribution in [-0.4, -0.2) is 22.4 Å². The molecule has 3 rings (SSSR count). The number of para-hydroxylation sites is 2. The maximum atomic E-state index is 12.3. The molecule has 1 N–H and O–H groups in total. The number of urea groups is 1. The second-order valence-electron chi connectivity index (χ2n) is 5.11. The number of likely N-dealkylation sites (tertiary alicyclic amines) is 1. The average Bonchev–Trinajstić information content (AvgIpc) is 2.47. The Morgan fingerprint density at radius 2 is 1.82 bits per heavy atom. The van der Waals surface area contributed by atoms with E-state index in [0.717, 1.165) is 12.0 Å². The molecule has 2 aromatic carbocycles. The summed E-state index contributed by atoms with van der Waals surface area (Å²) in [6.07, 6.45) is 0.897. The molecule has 0 aliphatic carbocycles. The van der Waals surface area contributed by atoms with Crippen molar-refractivity contribution in [2.45, 2.75) is 12.5 Å². The van der Waals surface area contributed by atoms with Crippen molar-refractivity contribution in [3.05, 3.63) is 70.3 Å². The van der Waals surface area contributed by atoms with Crippen molar-refractivity contribution in [3.8, 4) is 0 Å². The summed E-state index contributed by atoms with van der Waals surface area (Å²) in [7, 11) is 0. The van der Waals surface area contributed by atoms with Gasteiger partial charge in [0.05, 0.1) is 11.0 Å². The van der Waals surface area contributed by atoms with Gasteiger partial charge in [-0.25, -0.2) is 4.79 Å². The highest BCUT2D eigenvalue weighted by Crippen LogP contribution is 2.34. The van der Waals surface area contributed by atoms with Gasteiger partial charge in [-0.05, 0) is 18.1 Å². The second kappa shape index (κ2) is 5.85. The first-order chi connectivity index (χ1) is 10.7. The highest BCUT2D eigenvalue weighted by molar-refractivity contribution is 5.92. The lowest BCUT2D eigenvalue weighted by Crippen LogP contribution is -2.47. The molecule has 1 heterocycles. The fourth-order valence-electron chi connectivity index (χ4n) is 2.58. The van der Waals surface area contributed by atoms with Crippen LogP contribution in [0.15, 0.2) is 54.6 Å². The van der Waals surface area contributed by atoms with Gasteiger partial charge in [-0.15, -0.1) is 0 Å². The number of nitro benzene ring substituents is 1. The fourth-order valence-corrected chi connectivity index (χ4v) is 2.58. The molecule has 0 aromatic heterocycles. The Balaban J connectivity index is 1.74. The van der Waals surface area contributed by atoms with Gasteiger partial charge in [0.1, 0.15) is 5.69 Å². The van der Waals surface area contributed by atoms with Gasteiger partial charge in [-0.1, -0.05) is 42.5 Å². The zero-order valence-corrected chi connectivity index (χ0v) is 11.8. The number of amides is 2. The molecule has 112 valence electrons. The first-order valence-corrected chi connectivity index (χ1v) is 7.03. The van der Waals surface area contributed by atoms with Gasteiger partial charge in [-0.2, -0.15) is 0 Å². The molecule has 2 amide bonds. The number of nitro groups is 1. The van der Waals surface area contributed by atoms with Crippen LogP contribution in [0.5, 0.6) is 0 Å². The van der Waals surface area contributed by atoms with Gasteiger partial charge in [0.25, 0.3) is 5.69 Å². The molecule has 0 radical (unpaired) electrons. The van der Waals surface area contributed by atoms with E-state index in [1.54, 1.807) is 17.0 Å². The Morgan fingerprint density at radius 1 is 1.14 bits per heavy atom. The van der Waals surface area contributed by atoms with Crippen LogP contribution in [-0.2, 0) is 0 Å². The lowest BCUT2D eigenvalue weighted by Gasteiger charge is -2.41. The quantitative estimate of drug-likeness (QED) is 0.695. The SMILES string of the molecule is O=C(Nc1ccccc1[N+](=O)[O-])N1CC[C@@H]1c1ccccc1. The molecular formula is C16H15N3O3. The molecule has 1 aliphatic heterocycles. The molecular weight excluding hydrogens is 282 g/mol. The summed E-state index contributed by atoms with van der Waals surface area (Å²) in [5.74, 6) is 0. The summed E-state index contributed by atoms with van der Waals surface area (Å²) in [5.41, 5.74) is 1.19. The van der Waals surface area contributed by atoms with Gasteiger partial charge in [0.2, 0.25) is 0 Å². The zero-order chi connectivity index (χ0) is 15.5. The third-order valence-electron chi connectivity index (χ3n) is 3.81. The van der Waals surface area contributed by atoms with Crippen molar-refractivity contribution < 1.29 is 9.72 Å². The third-order valence-corrected chi connectivity index (χ3v) is 3.81. The minimum atomic E-state index is -0.500. The van der Waals surface area contributed by atoms with Crippen molar-refractivity contribution in [1.82, 2.24) is 4.90 Å². The van der Waals surface area contributed by atoms with Crippen LogP contribution < -0.4 is 5.32 Å². The molecule has 1 aliphatic rings. The lowest BCUT2D eigenvalue weighted by atomic mass is 9.95. The molecule has 6 heteroatoms. The van der Waals surface area contributed by atoms with Crippen LogP contribution in [0.2, 0.25) is 0 Å². The summed E-state index contributed by atoms with van der Waals surface area (Å²) >= 11 is 0. The standard InChI is InChI=1S/C16H15N3O3/c20-16(17-13-8-4-5-9-15(13)19(21)22)18-11-10-14(18)12-6-2-1-3-7-12/h1-9,14H,10-11H2,(H,17,20)/t14-/m1/s1. The normalized spacial score (nSPS) is 16.7. The topological polar surface area (TPSA) is 75.5 Å². The van der Waals surface area contributed by atoms with E-state index in [9.17, 15) is 14.9 Å². The number of nitrogens with one attached hydrogen (secondary N) is 1. The minimum Gasteiger partial charge on any atom is -0.317 e. The van der Waals surface area contributed by atoms with E-state index < -0.39 is 4.92 Å². The van der Waals surface area contributed by atoms with Crippen LogP contribution >= 0.6 is 0 Å². The van der Waals surface area contributed by atoms with Gasteiger partial charge < -0.3 is 10.2 Å². The summed E-state index contributed by atoms with van der Waals surface area (Å²) < 4.78 is 0. The van der Waals surface area contributed by atoms with Crippen LogP contribution in [0.4, 0.5) is 16.2 Å². The van der Waals surface area contributed by atoms with Crippen molar-refractivity contribution >= 4 is 17.4 Å². The molecule has 0 spiro atoms. The number of carbonyl (C=O) groups is 1. The van der Waals surface area contributed by atoms with Crippen molar-refractivity contribution in [3.63, 3.8) is 0 Å². The summed E-state index contributed by atoms with van der Waals surface area (Å²) in [5, 5.41) is 13.6. The monoisotopic (exact) mass is 297 g/mol. The molecule has 6 nitrogen and oxygen atoms in total. The Labute approximate surface area is 127 Å². The van der Waals surface area contributed by atoms with E-state index in [1.807, 2.05) is 30.3 Å². The van der Waals surface area contributed by atoms with E-state index in [2.05, 4.69) is 5.32 Å². The lowest BCUT2D eigenvalue weighted by molar-refractivity contribution is -0.383. The highest BCUT2D eigenvalue weighted by atomic mass is 16.6. The number of nitrogens with zero attached hydrogens (tertiary/aromatic N) is 2. The van der Waals surface area contributed by atoms with Crippen LogP contribution in [0, 0.1) is 10.1 Å². The molecule has 1 saturated heterocycles. The van der Waals surface area contributed by atoms with Gasteiger partial charge in [0, 0.05) is 12.6 Å². The summed E-state index contributed by atoms with van der Waals surface area (Å²) in [6.45, 7) is 0.645. The molecule has 0 saturated carbocycles. The minimum absolute atomic E-state index is 0.0315. The first-order valence-electron chi connectivity index (χ1n) is 7.03. The highest BCUT2D eigenvalue weighted by Gasteiger charge is 2.33. The van der Waals surface area contributed by atoms with Crippen molar-refractivity contribution in [2.75, 3.05) is 11.9 Å². The van der Waals surface area contributed by atoms with Crippen LogP contribution in [0.25, 0.3) is 0 Å².